The summed E-state index contributed by atoms with van der Waals surface area (Å²) in [5.41, 5.74) is 6.29. The molecule has 16 nitrogen and oxygen atoms in total. The molecule has 1 fully saturated rings. The van der Waals surface area contributed by atoms with Crippen LogP contribution in [0.4, 0.5) is 5.82 Å². The third-order valence-electron chi connectivity index (χ3n) is 11.7. The molecular weight excluding hydrogens is 816 g/mol. The number of phosphoric acid groups is 1. The van der Waals surface area contributed by atoms with Gasteiger partial charge in [0, 0.05) is 6.42 Å². The number of unbranched alkanes of at least 4 members (excludes halogenated alkanes) is 16. The normalized spacial score (nSPS) is 19.3. The van der Waals surface area contributed by atoms with Crippen molar-refractivity contribution >= 4 is 30.8 Å². The maximum Gasteiger partial charge on any atom is 0.305 e. The van der Waals surface area contributed by atoms with E-state index in [0.717, 1.165) is 19.3 Å². The summed E-state index contributed by atoms with van der Waals surface area (Å²) in [6.07, 6.45) is 22.6. The van der Waals surface area contributed by atoms with E-state index >= 15 is 0 Å². The lowest BCUT2D eigenvalue weighted by Gasteiger charge is -2.39. The van der Waals surface area contributed by atoms with Gasteiger partial charge in [-0.15, -0.1) is 0 Å². The van der Waals surface area contributed by atoms with Gasteiger partial charge in [-0.2, -0.15) is 0 Å². The lowest BCUT2D eigenvalue weighted by atomic mass is 10.0. The third-order valence-corrected chi connectivity index (χ3v) is 12.6. The number of nitrogen functional groups attached to an aromatic ring is 1. The Hall–Kier alpha value is -2.27. The minimum absolute atomic E-state index is 0.114. The van der Waals surface area contributed by atoms with Crippen LogP contribution in [0.25, 0.3) is 11.2 Å². The summed E-state index contributed by atoms with van der Waals surface area (Å²) in [5, 5.41) is 30.9. The zero-order valence-corrected chi connectivity index (χ0v) is 39.9. The van der Waals surface area contributed by atoms with Gasteiger partial charge in [-0.05, 0) is 32.1 Å². The van der Waals surface area contributed by atoms with Gasteiger partial charge in [-0.3, -0.25) is 13.9 Å². The molecule has 1 unspecified atom stereocenters. The molecule has 0 amide bonds. The van der Waals surface area contributed by atoms with Crippen molar-refractivity contribution in [2.45, 2.75) is 207 Å². The maximum absolute atomic E-state index is 12.2. The van der Waals surface area contributed by atoms with Gasteiger partial charge >= 0.3 is 5.97 Å². The van der Waals surface area contributed by atoms with Crippen LogP contribution in [-0.4, -0.2) is 116 Å². The molecule has 3 rings (SSSR count). The fourth-order valence-electron chi connectivity index (χ4n) is 7.77. The summed E-state index contributed by atoms with van der Waals surface area (Å²) < 4.78 is 35.1. The number of nitrogens with zero attached hydrogens (tertiary/aromatic N) is 5. The van der Waals surface area contributed by atoms with Gasteiger partial charge in [0.25, 0.3) is 7.82 Å². The second-order valence-electron chi connectivity index (χ2n) is 17.1. The average Bonchev–Trinajstić information content (AvgIpc) is 3.82. The number of imidazole rings is 1. The number of aliphatic hydroxyl groups excluding tert-OH is 3. The fourth-order valence-corrected chi connectivity index (χ4v) is 8.53. The average molecular weight is 901 g/mol. The van der Waals surface area contributed by atoms with Crippen molar-refractivity contribution < 1.29 is 52.6 Å². The van der Waals surface area contributed by atoms with Gasteiger partial charge in [0.1, 0.15) is 42.9 Å². The highest BCUT2D eigenvalue weighted by Crippen LogP contribution is 2.40. The van der Waals surface area contributed by atoms with Crippen LogP contribution in [0.15, 0.2) is 12.7 Å². The van der Waals surface area contributed by atoms with E-state index in [4.69, 9.17) is 19.7 Å². The molecule has 2 aromatic heterocycles. The second kappa shape index (κ2) is 32.4. The Kier molecular flexibility index (Phi) is 29.2. The number of hydrogen-bond donors (Lipinski definition) is 4. The molecule has 3 heterocycles. The number of rotatable bonds is 35. The molecule has 2 aromatic rings. The molecule has 0 bridgehead atoms. The number of carbonyl (C=O) groups is 1. The van der Waals surface area contributed by atoms with Crippen LogP contribution < -0.4 is 10.6 Å². The number of carbonyl (C=O) groups excluding carboxylic acids is 1. The van der Waals surface area contributed by atoms with E-state index in [2.05, 4.69) is 54.1 Å². The molecular formula is C45H85N6O10P. The van der Waals surface area contributed by atoms with Gasteiger partial charge < -0.3 is 49.0 Å². The number of aliphatic hydroxyl groups is 3. The number of aromatic nitrogens is 4. The standard InChI is InChI=1S/C29H50N5O10P.C16H36N/c1-2-3-4-5-6-7-8-9-10-11-12-13-14-15-23(36)41-16-21(35)17-42-45(39,40)43-18-22-25(37)26(38)29(44-22)34-20-33-24-27(30)31-19-32-28(24)34;1-5-9-13-17(14-10-6-2,15-11-7-3)16-12-8-4/h19-22,25-26,29,35,37-38H,2-18H2,1H3,(H,39,40)(H2,30,31,32);5-16H2,1-4H3/q;+1/p-1/t21-,22-,25-,26-,29-;/m1./s1. The number of phosphoric ester groups is 1. The van der Waals surface area contributed by atoms with Crippen molar-refractivity contribution in [3.05, 3.63) is 12.7 Å². The molecule has 0 radical (unpaired) electrons. The molecule has 1 aliphatic heterocycles. The number of nitrogens with two attached hydrogens (primary N) is 1. The molecule has 0 aliphatic carbocycles. The molecule has 1 saturated heterocycles. The minimum atomic E-state index is -4.94. The van der Waals surface area contributed by atoms with Crippen LogP contribution >= 0.6 is 7.82 Å². The fraction of sp³-hybridized carbons (Fsp3) is 0.867. The van der Waals surface area contributed by atoms with E-state index in [9.17, 15) is 29.6 Å². The summed E-state index contributed by atoms with van der Waals surface area (Å²) in [6.45, 7) is 15.4. The Morgan fingerprint density at radius 3 is 1.77 bits per heavy atom. The number of fused-ring (bicyclic) bond motifs is 1. The van der Waals surface area contributed by atoms with Crippen molar-refractivity contribution in [1.29, 1.82) is 0 Å². The second-order valence-corrected chi connectivity index (χ2v) is 18.6. The summed E-state index contributed by atoms with van der Waals surface area (Å²) in [5.74, 6) is -0.359. The minimum Gasteiger partial charge on any atom is -0.756 e. The quantitative estimate of drug-likeness (QED) is 0.0223. The predicted molar refractivity (Wildman–Crippen MR) is 242 cm³/mol. The number of ether oxygens (including phenoxy) is 2. The summed E-state index contributed by atoms with van der Waals surface area (Å²) in [6, 6.07) is 0. The lowest BCUT2D eigenvalue weighted by molar-refractivity contribution is -0.929. The first-order valence-electron chi connectivity index (χ1n) is 24.1. The smallest absolute Gasteiger partial charge is 0.305 e. The van der Waals surface area contributed by atoms with Crippen LogP contribution in [0, 0.1) is 0 Å². The molecule has 17 heteroatoms. The van der Waals surface area contributed by atoms with Crippen LogP contribution in [0.5, 0.6) is 0 Å². The monoisotopic (exact) mass is 901 g/mol. The molecule has 1 aliphatic rings. The molecule has 5 N–H and O–H groups in total. The number of quaternary nitrogens is 1. The van der Waals surface area contributed by atoms with Gasteiger partial charge in [0.05, 0.1) is 45.7 Å². The van der Waals surface area contributed by atoms with E-state index in [-0.39, 0.29) is 23.4 Å². The summed E-state index contributed by atoms with van der Waals surface area (Å²) in [7, 11) is -4.94. The van der Waals surface area contributed by atoms with Crippen molar-refractivity contribution in [2.24, 2.45) is 0 Å². The highest BCUT2D eigenvalue weighted by Gasteiger charge is 2.45. The Balaban J connectivity index is 0.000000655. The Morgan fingerprint density at radius 1 is 0.758 bits per heavy atom. The largest absolute Gasteiger partial charge is 0.756 e. The van der Waals surface area contributed by atoms with Gasteiger partial charge in [-0.1, -0.05) is 137 Å². The molecule has 6 atom stereocenters. The first-order valence-corrected chi connectivity index (χ1v) is 25.6. The Bertz CT molecular complexity index is 1470. The van der Waals surface area contributed by atoms with Crippen LogP contribution in [-0.2, 0) is 27.9 Å². The van der Waals surface area contributed by atoms with E-state index < -0.39 is 64.3 Å². The summed E-state index contributed by atoms with van der Waals surface area (Å²) in [4.78, 5) is 36.2. The highest BCUT2D eigenvalue weighted by atomic mass is 31.2. The van der Waals surface area contributed by atoms with E-state index in [0.29, 0.717) is 6.42 Å². The zero-order chi connectivity index (χ0) is 45.6. The summed E-state index contributed by atoms with van der Waals surface area (Å²) >= 11 is 0. The topological polar surface area (TPSA) is 224 Å². The number of anilines is 1. The molecule has 62 heavy (non-hydrogen) atoms. The van der Waals surface area contributed by atoms with Crippen molar-refractivity contribution in [1.82, 2.24) is 19.5 Å². The third kappa shape index (κ3) is 21.6. The molecule has 0 spiro atoms. The van der Waals surface area contributed by atoms with Crippen LogP contribution in [0.3, 0.4) is 0 Å². The van der Waals surface area contributed by atoms with Crippen LogP contribution in [0.2, 0.25) is 0 Å². The van der Waals surface area contributed by atoms with Crippen molar-refractivity contribution in [3.63, 3.8) is 0 Å². The van der Waals surface area contributed by atoms with Crippen molar-refractivity contribution in [3.8, 4) is 0 Å². The molecule has 0 saturated carbocycles. The first kappa shape index (κ1) is 55.9. The van der Waals surface area contributed by atoms with E-state index in [1.165, 1.54) is 157 Å². The van der Waals surface area contributed by atoms with Gasteiger partial charge in [-0.25, -0.2) is 15.0 Å². The Labute approximate surface area is 372 Å². The van der Waals surface area contributed by atoms with Gasteiger partial charge in [0.15, 0.2) is 17.7 Å². The first-order chi connectivity index (χ1) is 29.9. The maximum atomic E-state index is 12.2. The highest BCUT2D eigenvalue weighted by molar-refractivity contribution is 7.45. The van der Waals surface area contributed by atoms with Gasteiger partial charge in [0.2, 0.25) is 0 Å². The van der Waals surface area contributed by atoms with E-state index in [1.54, 1.807) is 0 Å². The Morgan fingerprint density at radius 2 is 1.26 bits per heavy atom. The predicted octanol–water partition coefficient (Wildman–Crippen LogP) is 7.92. The molecule has 0 aromatic carbocycles. The zero-order valence-electron chi connectivity index (χ0n) is 39.0. The lowest BCUT2D eigenvalue weighted by Crippen LogP contribution is -2.50. The van der Waals surface area contributed by atoms with Crippen molar-refractivity contribution in [2.75, 3.05) is 51.7 Å². The van der Waals surface area contributed by atoms with E-state index in [1.807, 2.05) is 0 Å². The SMILES string of the molecule is CCCCCCCCCCCCCCCC(=O)OC[C@@H](O)COP(=O)([O-])OC[C@H]1O[C@@H](n2cnc3c(N)ncnc32)[C@H](O)[C@@H]1O.CCCC[N+](CCCC)(CCCC)CCCC. The molecule has 360 valence electrons. The number of hydrogen-bond acceptors (Lipinski definition) is 14. The van der Waals surface area contributed by atoms with Crippen LogP contribution in [0.1, 0.15) is 182 Å². The number of esters is 1.